The first-order valence-corrected chi connectivity index (χ1v) is 4.35. The molecule has 0 atom stereocenters. The number of aromatic nitrogens is 1. The molecule has 0 saturated heterocycles. The molecule has 72 valence electrons. The van der Waals surface area contributed by atoms with Gasteiger partial charge < -0.3 is 9.84 Å². The highest BCUT2D eigenvalue weighted by molar-refractivity contribution is 14.1. The van der Waals surface area contributed by atoms with E-state index in [1.54, 1.807) is 0 Å². The van der Waals surface area contributed by atoms with Gasteiger partial charge in [-0.05, 0) is 22.6 Å². The number of methoxy groups -OCH3 is 1. The molecule has 0 unspecified atom stereocenters. The van der Waals surface area contributed by atoms with Crippen molar-refractivity contribution in [3.63, 3.8) is 0 Å². The minimum atomic E-state index is -2.80. The number of nitrogens with zero attached hydrogens (tertiary/aromatic N) is 1. The predicted octanol–water partition coefficient (Wildman–Crippen LogP) is 2.34. The van der Waals surface area contributed by atoms with Crippen LogP contribution in [0, 0.1) is 3.57 Å². The minimum Gasteiger partial charge on any atom is -0.506 e. The standard InChI is InChI=1S/C7H6F2INO2/c1-13-7-3(10)2-4(12)5(11-7)6(8)9/h2,6,12H,1H3. The predicted molar refractivity (Wildman–Crippen MR) is 50.1 cm³/mol. The molecule has 1 aromatic rings. The second-order valence-corrected chi connectivity index (χ2v) is 3.35. The molecule has 0 bridgehead atoms. The van der Waals surface area contributed by atoms with Gasteiger partial charge in [-0.15, -0.1) is 0 Å². The van der Waals surface area contributed by atoms with Gasteiger partial charge in [0.05, 0.1) is 10.7 Å². The molecule has 0 radical (unpaired) electrons. The van der Waals surface area contributed by atoms with Gasteiger partial charge in [-0.1, -0.05) is 0 Å². The molecule has 0 aromatic carbocycles. The van der Waals surface area contributed by atoms with E-state index >= 15 is 0 Å². The third-order valence-electron chi connectivity index (χ3n) is 1.35. The zero-order valence-corrected chi connectivity index (χ0v) is 8.75. The van der Waals surface area contributed by atoms with Crippen LogP contribution in [-0.2, 0) is 0 Å². The second-order valence-electron chi connectivity index (χ2n) is 2.18. The van der Waals surface area contributed by atoms with Crippen molar-refractivity contribution >= 4 is 22.6 Å². The van der Waals surface area contributed by atoms with Gasteiger partial charge in [0.1, 0.15) is 5.75 Å². The van der Waals surface area contributed by atoms with Crippen LogP contribution in [0.15, 0.2) is 6.07 Å². The van der Waals surface area contributed by atoms with Crippen molar-refractivity contribution in [2.45, 2.75) is 6.43 Å². The molecule has 6 heteroatoms. The first-order chi connectivity index (χ1) is 6.06. The molecule has 0 fully saturated rings. The van der Waals surface area contributed by atoms with Crippen LogP contribution in [0.5, 0.6) is 11.6 Å². The van der Waals surface area contributed by atoms with Crippen LogP contribution in [0.25, 0.3) is 0 Å². The molecule has 0 aliphatic carbocycles. The van der Waals surface area contributed by atoms with Crippen molar-refractivity contribution in [3.05, 3.63) is 15.3 Å². The van der Waals surface area contributed by atoms with Gasteiger partial charge in [-0.3, -0.25) is 0 Å². The Morgan fingerprint density at radius 3 is 2.69 bits per heavy atom. The lowest BCUT2D eigenvalue weighted by molar-refractivity contribution is 0.140. The van der Waals surface area contributed by atoms with E-state index in [4.69, 9.17) is 9.84 Å². The normalized spacial score (nSPS) is 10.5. The average Bonchev–Trinajstić information content (AvgIpc) is 2.03. The molecule has 13 heavy (non-hydrogen) atoms. The van der Waals surface area contributed by atoms with E-state index in [9.17, 15) is 8.78 Å². The van der Waals surface area contributed by atoms with E-state index in [1.807, 2.05) is 22.6 Å². The third-order valence-corrected chi connectivity index (χ3v) is 2.13. The summed E-state index contributed by atoms with van der Waals surface area (Å²) in [7, 11) is 1.33. The molecular formula is C7H6F2INO2. The highest BCUT2D eigenvalue weighted by atomic mass is 127. The van der Waals surface area contributed by atoms with Crippen LogP contribution in [-0.4, -0.2) is 17.2 Å². The summed E-state index contributed by atoms with van der Waals surface area (Å²) in [6.45, 7) is 0. The molecule has 1 aromatic heterocycles. The summed E-state index contributed by atoms with van der Waals surface area (Å²) in [5.74, 6) is -0.422. The number of ether oxygens (including phenoxy) is 1. The van der Waals surface area contributed by atoms with E-state index in [1.165, 1.54) is 13.2 Å². The molecule has 1 N–H and O–H groups in total. The molecular weight excluding hydrogens is 295 g/mol. The van der Waals surface area contributed by atoms with Crippen LogP contribution in [0.2, 0.25) is 0 Å². The van der Waals surface area contributed by atoms with E-state index in [0.717, 1.165) is 0 Å². The summed E-state index contributed by atoms with van der Waals surface area (Å²) in [5, 5.41) is 9.08. The molecule has 0 spiro atoms. The third kappa shape index (κ3) is 2.17. The maximum absolute atomic E-state index is 12.2. The summed E-state index contributed by atoms with van der Waals surface area (Å²) in [6.07, 6.45) is -2.80. The number of hydrogen-bond donors (Lipinski definition) is 1. The summed E-state index contributed by atoms with van der Waals surface area (Å²) in [4.78, 5) is 3.46. The monoisotopic (exact) mass is 301 g/mol. The summed E-state index contributed by atoms with van der Waals surface area (Å²) >= 11 is 1.83. The number of halogens is 3. The first kappa shape index (κ1) is 10.4. The van der Waals surface area contributed by atoms with Gasteiger partial charge in [-0.25, -0.2) is 13.8 Å². The number of pyridine rings is 1. The maximum Gasteiger partial charge on any atom is 0.284 e. The summed E-state index contributed by atoms with van der Waals surface area (Å²) in [5.41, 5.74) is -0.655. The van der Waals surface area contributed by atoms with Gasteiger partial charge in [0.15, 0.2) is 5.69 Å². The zero-order valence-electron chi connectivity index (χ0n) is 6.59. The van der Waals surface area contributed by atoms with E-state index in [0.29, 0.717) is 3.57 Å². The van der Waals surface area contributed by atoms with Crippen LogP contribution >= 0.6 is 22.6 Å². The fourth-order valence-corrected chi connectivity index (χ4v) is 1.42. The van der Waals surface area contributed by atoms with Crippen molar-refractivity contribution in [2.24, 2.45) is 0 Å². The molecule has 1 rings (SSSR count). The van der Waals surface area contributed by atoms with E-state index < -0.39 is 17.9 Å². The Bertz CT molecular complexity index is 320. The Labute approximate surface area is 86.9 Å². The molecule has 1 heterocycles. The smallest absolute Gasteiger partial charge is 0.284 e. The molecule has 0 aliphatic rings. The lowest BCUT2D eigenvalue weighted by Gasteiger charge is -2.06. The Morgan fingerprint density at radius 2 is 2.23 bits per heavy atom. The van der Waals surface area contributed by atoms with Crippen molar-refractivity contribution in [3.8, 4) is 11.6 Å². The lowest BCUT2D eigenvalue weighted by atomic mass is 10.3. The Kier molecular flexibility index (Phi) is 3.23. The van der Waals surface area contributed by atoms with Crippen molar-refractivity contribution in [1.82, 2.24) is 4.98 Å². The minimum absolute atomic E-state index is 0.0914. The summed E-state index contributed by atoms with van der Waals surface area (Å²) in [6, 6.07) is 1.19. The quantitative estimate of drug-likeness (QED) is 0.853. The zero-order chi connectivity index (χ0) is 10.0. The van der Waals surface area contributed by atoms with E-state index in [2.05, 4.69) is 4.98 Å². The van der Waals surface area contributed by atoms with Crippen LogP contribution < -0.4 is 4.74 Å². The largest absolute Gasteiger partial charge is 0.506 e. The fourth-order valence-electron chi connectivity index (χ4n) is 0.780. The first-order valence-electron chi connectivity index (χ1n) is 3.27. The molecule has 0 amide bonds. The van der Waals surface area contributed by atoms with Gasteiger partial charge in [0.25, 0.3) is 6.43 Å². The Hall–Kier alpha value is -0.660. The maximum atomic E-state index is 12.2. The highest BCUT2D eigenvalue weighted by Gasteiger charge is 2.17. The van der Waals surface area contributed by atoms with Crippen molar-refractivity contribution < 1.29 is 18.6 Å². The topological polar surface area (TPSA) is 42.4 Å². The van der Waals surface area contributed by atoms with Crippen molar-refractivity contribution in [1.29, 1.82) is 0 Å². The van der Waals surface area contributed by atoms with Crippen molar-refractivity contribution in [2.75, 3.05) is 7.11 Å². The Morgan fingerprint density at radius 1 is 1.62 bits per heavy atom. The number of rotatable bonds is 2. The molecule has 0 aliphatic heterocycles. The number of alkyl halides is 2. The second kappa shape index (κ2) is 4.03. The lowest BCUT2D eigenvalue weighted by Crippen LogP contribution is -1.97. The van der Waals surface area contributed by atoms with Gasteiger partial charge in [0, 0.05) is 6.07 Å². The molecule has 3 nitrogen and oxygen atoms in total. The molecule has 0 saturated carbocycles. The Balaban J connectivity index is 3.22. The average molecular weight is 301 g/mol. The van der Waals surface area contributed by atoms with Gasteiger partial charge in [-0.2, -0.15) is 0 Å². The fraction of sp³-hybridized carbons (Fsp3) is 0.286. The number of aromatic hydroxyl groups is 1. The van der Waals surface area contributed by atoms with Crippen LogP contribution in [0.1, 0.15) is 12.1 Å². The van der Waals surface area contributed by atoms with E-state index in [-0.39, 0.29) is 5.88 Å². The van der Waals surface area contributed by atoms with Crippen LogP contribution in [0.4, 0.5) is 8.78 Å². The summed E-state index contributed by atoms with van der Waals surface area (Å²) < 4.78 is 29.6. The number of hydrogen-bond acceptors (Lipinski definition) is 3. The SMILES string of the molecule is COc1nc(C(F)F)c(O)cc1I. The van der Waals surface area contributed by atoms with Gasteiger partial charge >= 0.3 is 0 Å². The highest BCUT2D eigenvalue weighted by Crippen LogP contribution is 2.31. The van der Waals surface area contributed by atoms with Crippen LogP contribution in [0.3, 0.4) is 0 Å². The van der Waals surface area contributed by atoms with Gasteiger partial charge in [0.2, 0.25) is 5.88 Å².